The maximum atomic E-state index is 12.3. The van der Waals surface area contributed by atoms with Crippen molar-refractivity contribution in [3.05, 3.63) is 35.4 Å². The van der Waals surface area contributed by atoms with Gasteiger partial charge in [0, 0.05) is 18.7 Å². The molecule has 2 fully saturated rings. The molecule has 0 aromatic heterocycles. The van der Waals surface area contributed by atoms with Gasteiger partial charge in [0.2, 0.25) is 5.91 Å². The Morgan fingerprint density at radius 3 is 2.68 bits per heavy atom. The van der Waals surface area contributed by atoms with Crippen molar-refractivity contribution in [1.29, 1.82) is 0 Å². The molecule has 0 spiro atoms. The zero-order chi connectivity index (χ0) is 20.3. The highest BCUT2D eigenvalue weighted by Gasteiger charge is 2.53. The first-order valence-corrected chi connectivity index (χ1v) is 9.89. The number of carbonyl (C=O) groups is 4. The van der Waals surface area contributed by atoms with E-state index in [2.05, 4.69) is 10.1 Å². The lowest BCUT2D eigenvalue weighted by molar-refractivity contribution is -0.156. The van der Waals surface area contributed by atoms with E-state index in [0.29, 0.717) is 17.7 Å². The van der Waals surface area contributed by atoms with Crippen molar-refractivity contribution in [1.82, 2.24) is 10.2 Å². The molecule has 9 heteroatoms. The molecule has 0 aliphatic carbocycles. The van der Waals surface area contributed by atoms with Crippen LogP contribution < -0.4 is 5.32 Å². The van der Waals surface area contributed by atoms with Crippen molar-refractivity contribution >= 4 is 35.5 Å². The van der Waals surface area contributed by atoms with Crippen LogP contribution in [0.4, 0.5) is 0 Å². The number of hydrogen-bond acceptors (Lipinski definition) is 7. The first-order chi connectivity index (χ1) is 13.3. The average Bonchev–Trinajstić information content (AvgIpc) is 3.20. The maximum absolute atomic E-state index is 12.3. The van der Waals surface area contributed by atoms with Gasteiger partial charge in [-0.15, -0.1) is 11.8 Å². The number of carbonyl (C=O) groups excluding carboxylic acids is 4. The summed E-state index contributed by atoms with van der Waals surface area (Å²) in [6, 6.07) is 5.98. The fourth-order valence-electron chi connectivity index (χ4n) is 3.36. The van der Waals surface area contributed by atoms with Gasteiger partial charge in [0.25, 0.3) is 5.91 Å². The van der Waals surface area contributed by atoms with Gasteiger partial charge in [-0.2, -0.15) is 0 Å². The molecule has 8 nitrogen and oxygen atoms in total. The summed E-state index contributed by atoms with van der Waals surface area (Å²) >= 11 is 1.57. The van der Waals surface area contributed by atoms with E-state index in [0.717, 1.165) is 12.0 Å². The third-order valence-electron chi connectivity index (χ3n) is 4.93. The van der Waals surface area contributed by atoms with Crippen LogP contribution in [0.1, 0.15) is 35.7 Å². The number of thioether (sulfide) groups is 1. The van der Waals surface area contributed by atoms with Crippen LogP contribution in [0.2, 0.25) is 0 Å². The number of amides is 2. The summed E-state index contributed by atoms with van der Waals surface area (Å²) in [7, 11) is 1.31. The largest absolute Gasteiger partial charge is 0.465 e. The van der Waals surface area contributed by atoms with Gasteiger partial charge < -0.3 is 19.7 Å². The molecule has 1 N–H and O–H groups in total. The van der Waals surface area contributed by atoms with Gasteiger partial charge in [0.15, 0.2) is 6.61 Å². The van der Waals surface area contributed by atoms with Crippen molar-refractivity contribution < 1.29 is 28.7 Å². The second kappa shape index (κ2) is 8.22. The van der Waals surface area contributed by atoms with Gasteiger partial charge in [-0.25, -0.2) is 9.59 Å². The molecule has 2 aliphatic heterocycles. The lowest BCUT2D eigenvalue weighted by Crippen LogP contribution is -2.47. The van der Waals surface area contributed by atoms with Crippen LogP contribution in [-0.2, 0) is 30.4 Å². The quantitative estimate of drug-likeness (QED) is 0.706. The van der Waals surface area contributed by atoms with E-state index in [4.69, 9.17) is 4.74 Å². The van der Waals surface area contributed by atoms with Crippen LogP contribution in [0.5, 0.6) is 0 Å². The number of esters is 2. The monoisotopic (exact) mass is 406 g/mol. The standard InChI is InChI=1S/C19H22N2O6S/c1-19-8-7-16(23)21(19)14(11-28-19)18(25)27-10-15(22)20-9-12-3-5-13(6-4-12)17(24)26-2/h3-6,14H,7-11H2,1-2H3,(H,20,22)/t14-,19+/m0/s1. The Morgan fingerprint density at radius 1 is 1.29 bits per heavy atom. The maximum Gasteiger partial charge on any atom is 0.337 e. The Labute approximate surface area is 166 Å². The highest BCUT2D eigenvalue weighted by atomic mass is 32.2. The van der Waals surface area contributed by atoms with Crippen molar-refractivity contribution in [2.24, 2.45) is 0 Å². The molecule has 150 valence electrons. The highest BCUT2D eigenvalue weighted by molar-refractivity contribution is 8.01. The topological polar surface area (TPSA) is 102 Å². The van der Waals surface area contributed by atoms with Crippen LogP contribution in [0.25, 0.3) is 0 Å². The molecule has 0 bridgehead atoms. The van der Waals surface area contributed by atoms with E-state index in [9.17, 15) is 19.2 Å². The predicted molar refractivity (Wildman–Crippen MR) is 101 cm³/mol. The average molecular weight is 406 g/mol. The van der Waals surface area contributed by atoms with Gasteiger partial charge in [0.05, 0.1) is 17.5 Å². The molecule has 0 saturated carbocycles. The van der Waals surface area contributed by atoms with Crippen LogP contribution in [0.15, 0.2) is 24.3 Å². The molecule has 2 heterocycles. The minimum absolute atomic E-state index is 0.0469. The number of ether oxygens (including phenoxy) is 2. The third-order valence-corrected chi connectivity index (χ3v) is 6.43. The van der Waals surface area contributed by atoms with Crippen molar-refractivity contribution in [3.63, 3.8) is 0 Å². The van der Waals surface area contributed by atoms with E-state index in [-0.39, 0.29) is 17.3 Å². The fraction of sp³-hybridized carbons (Fsp3) is 0.474. The van der Waals surface area contributed by atoms with Gasteiger partial charge >= 0.3 is 11.9 Å². The fourth-order valence-corrected chi connectivity index (χ4v) is 4.77. The first kappa shape index (κ1) is 20.2. The Bertz CT molecular complexity index is 796. The highest BCUT2D eigenvalue weighted by Crippen LogP contribution is 2.47. The molecule has 2 atom stereocenters. The van der Waals surface area contributed by atoms with Crippen LogP contribution >= 0.6 is 11.8 Å². The predicted octanol–water partition coefficient (Wildman–Crippen LogP) is 1.09. The number of fused-ring (bicyclic) bond motifs is 1. The van der Waals surface area contributed by atoms with Crippen LogP contribution in [0, 0.1) is 0 Å². The number of nitrogens with one attached hydrogen (secondary N) is 1. The molecular formula is C19H22N2O6S. The van der Waals surface area contributed by atoms with Crippen LogP contribution in [0.3, 0.4) is 0 Å². The number of rotatable bonds is 6. The molecule has 1 aromatic rings. The van der Waals surface area contributed by atoms with E-state index in [1.807, 2.05) is 6.92 Å². The number of nitrogens with zero attached hydrogens (tertiary/aromatic N) is 1. The van der Waals surface area contributed by atoms with Crippen molar-refractivity contribution in [3.8, 4) is 0 Å². The van der Waals surface area contributed by atoms with Crippen molar-refractivity contribution in [2.45, 2.75) is 37.2 Å². The van der Waals surface area contributed by atoms with Gasteiger partial charge in [-0.3, -0.25) is 9.59 Å². The SMILES string of the molecule is COC(=O)c1ccc(CNC(=O)COC(=O)[C@@H]2CS[C@]3(C)CCC(=O)N23)cc1. The molecule has 28 heavy (non-hydrogen) atoms. The second-order valence-corrected chi connectivity index (χ2v) is 8.34. The summed E-state index contributed by atoms with van der Waals surface area (Å²) in [6.45, 7) is 1.78. The van der Waals surface area contributed by atoms with E-state index < -0.39 is 30.5 Å². The second-order valence-electron chi connectivity index (χ2n) is 6.84. The lowest BCUT2D eigenvalue weighted by Gasteiger charge is -2.29. The molecular weight excluding hydrogens is 384 g/mol. The molecule has 3 rings (SSSR count). The Balaban J connectivity index is 1.45. The van der Waals surface area contributed by atoms with E-state index in [1.165, 1.54) is 7.11 Å². The lowest BCUT2D eigenvalue weighted by atomic mass is 10.1. The molecule has 1 aromatic carbocycles. The zero-order valence-corrected chi connectivity index (χ0v) is 16.5. The van der Waals surface area contributed by atoms with Crippen LogP contribution in [-0.4, -0.2) is 59.0 Å². The summed E-state index contributed by atoms with van der Waals surface area (Å²) in [5.41, 5.74) is 1.21. The normalized spacial score (nSPS) is 23.3. The van der Waals surface area contributed by atoms with E-state index >= 15 is 0 Å². The third kappa shape index (κ3) is 4.14. The minimum atomic E-state index is -0.635. The smallest absolute Gasteiger partial charge is 0.337 e. The summed E-state index contributed by atoms with van der Waals surface area (Å²) in [4.78, 5) is 49.0. The Kier molecular flexibility index (Phi) is 5.93. The Morgan fingerprint density at radius 2 is 2.00 bits per heavy atom. The first-order valence-electron chi connectivity index (χ1n) is 8.91. The summed E-state index contributed by atoms with van der Waals surface area (Å²) in [6.07, 6.45) is 1.15. The summed E-state index contributed by atoms with van der Waals surface area (Å²) < 4.78 is 9.75. The van der Waals surface area contributed by atoms with Gasteiger partial charge in [0.1, 0.15) is 6.04 Å². The zero-order valence-electron chi connectivity index (χ0n) is 15.7. The molecule has 2 aliphatic rings. The van der Waals surface area contributed by atoms with Gasteiger partial charge in [-0.1, -0.05) is 12.1 Å². The number of benzene rings is 1. The Hall–Kier alpha value is -2.55. The molecule has 0 unspecified atom stereocenters. The van der Waals surface area contributed by atoms with E-state index in [1.54, 1.807) is 40.9 Å². The number of hydrogen-bond donors (Lipinski definition) is 1. The minimum Gasteiger partial charge on any atom is -0.465 e. The molecule has 2 amide bonds. The summed E-state index contributed by atoms with van der Waals surface area (Å²) in [5.74, 6) is -0.986. The summed E-state index contributed by atoms with van der Waals surface area (Å²) in [5, 5.41) is 2.65. The molecule has 2 saturated heterocycles. The molecule has 0 radical (unpaired) electrons. The van der Waals surface area contributed by atoms with Crippen molar-refractivity contribution in [2.75, 3.05) is 19.5 Å². The number of methoxy groups -OCH3 is 1. The van der Waals surface area contributed by atoms with Gasteiger partial charge in [-0.05, 0) is 31.0 Å².